The number of nitrogens with two attached hydrogens (primary N) is 1. The van der Waals surface area contributed by atoms with E-state index in [9.17, 15) is 0 Å². The molecule has 0 saturated carbocycles. The van der Waals surface area contributed by atoms with Crippen LogP contribution in [0.15, 0.2) is 36.4 Å². The van der Waals surface area contributed by atoms with Crippen molar-refractivity contribution in [3.8, 4) is 0 Å². The monoisotopic (exact) mass is 177 g/mol. The van der Waals surface area contributed by atoms with Crippen LogP contribution < -0.4 is 5.73 Å². The van der Waals surface area contributed by atoms with Crippen LogP contribution in [0, 0.1) is 0 Å². The molecule has 0 aliphatic heterocycles. The molecule has 2 heteroatoms. The highest BCUT2D eigenvalue weighted by molar-refractivity contribution is 5.41. The first-order valence-corrected chi connectivity index (χ1v) is 4.43. The summed E-state index contributed by atoms with van der Waals surface area (Å²) in [5, 5.41) is 8.54. The van der Waals surface area contributed by atoms with Gasteiger partial charge in [0.15, 0.2) is 0 Å². The van der Waals surface area contributed by atoms with Crippen LogP contribution in [-0.4, -0.2) is 11.7 Å². The molecule has 70 valence electrons. The van der Waals surface area contributed by atoms with Crippen molar-refractivity contribution >= 4 is 5.69 Å². The van der Waals surface area contributed by atoms with Crippen molar-refractivity contribution in [3.63, 3.8) is 0 Å². The summed E-state index contributed by atoms with van der Waals surface area (Å²) in [5.41, 5.74) is 7.63. The van der Waals surface area contributed by atoms with Gasteiger partial charge in [0.05, 0.1) is 0 Å². The van der Waals surface area contributed by atoms with Crippen LogP contribution in [0.3, 0.4) is 0 Å². The summed E-state index contributed by atoms with van der Waals surface area (Å²) in [6.45, 7) is 0.216. The van der Waals surface area contributed by atoms with Crippen LogP contribution in [0.1, 0.15) is 12.0 Å². The van der Waals surface area contributed by atoms with Crippen LogP contribution in [0.5, 0.6) is 0 Å². The minimum atomic E-state index is 0.216. The third-order valence-corrected chi connectivity index (χ3v) is 1.77. The number of aliphatic hydroxyl groups excluding tert-OH is 1. The molecule has 0 heterocycles. The Hall–Kier alpha value is -1.28. The molecule has 0 radical (unpaired) electrons. The van der Waals surface area contributed by atoms with Gasteiger partial charge in [-0.3, -0.25) is 0 Å². The van der Waals surface area contributed by atoms with E-state index in [2.05, 4.69) is 0 Å². The van der Waals surface area contributed by atoms with Crippen LogP contribution in [0.25, 0.3) is 0 Å². The molecule has 0 aromatic heterocycles. The molecule has 2 nitrogen and oxygen atoms in total. The van der Waals surface area contributed by atoms with Gasteiger partial charge in [-0.1, -0.05) is 24.3 Å². The van der Waals surface area contributed by atoms with E-state index < -0.39 is 0 Å². The summed E-state index contributed by atoms with van der Waals surface area (Å²) in [4.78, 5) is 0. The number of hydrogen-bond donors (Lipinski definition) is 2. The molecule has 0 aliphatic rings. The zero-order valence-corrected chi connectivity index (χ0v) is 7.61. The van der Waals surface area contributed by atoms with Gasteiger partial charge in [-0.15, -0.1) is 0 Å². The Balaban J connectivity index is 2.45. The zero-order chi connectivity index (χ0) is 9.52. The van der Waals surface area contributed by atoms with Crippen molar-refractivity contribution in [1.82, 2.24) is 0 Å². The first-order chi connectivity index (χ1) is 6.33. The quantitative estimate of drug-likeness (QED) is 0.543. The summed E-state index contributed by atoms with van der Waals surface area (Å²) in [6, 6.07) is 7.83. The lowest BCUT2D eigenvalue weighted by atomic mass is 10.1. The Morgan fingerprint density at radius 1 is 1.31 bits per heavy atom. The molecule has 0 saturated heterocycles. The second kappa shape index (κ2) is 5.38. The van der Waals surface area contributed by atoms with Crippen LogP contribution in [0.4, 0.5) is 5.69 Å². The van der Waals surface area contributed by atoms with E-state index in [1.165, 1.54) is 5.56 Å². The van der Waals surface area contributed by atoms with Crippen LogP contribution in [-0.2, 0) is 6.42 Å². The predicted octanol–water partition coefficient (Wildman–Crippen LogP) is 1.75. The fourth-order valence-electron chi connectivity index (χ4n) is 1.13. The lowest BCUT2D eigenvalue weighted by molar-refractivity contribution is 0.302. The fourth-order valence-corrected chi connectivity index (χ4v) is 1.13. The van der Waals surface area contributed by atoms with E-state index in [-0.39, 0.29) is 6.61 Å². The number of hydrogen-bond acceptors (Lipinski definition) is 2. The Kier molecular flexibility index (Phi) is 4.06. The zero-order valence-electron chi connectivity index (χ0n) is 7.61. The summed E-state index contributed by atoms with van der Waals surface area (Å²) in [7, 11) is 0. The molecule has 1 aromatic carbocycles. The Bertz CT molecular complexity index is 281. The molecule has 0 aliphatic carbocycles. The average Bonchev–Trinajstić information content (AvgIpc) is 2.13. The van der Waals surface area contributed by atoms with Gasteiger partial charge in [-0.05, 0) is 30.5 Å². The third kappa shape index (κ3) is 3.76. The van der Waals surface area contributed by atoms with Gasteiger partial charge in [0.1, 0.15) is 0 Å². The molecule has 1 rings (SSSR count). The maximum absolute atomic E-state index is 8.54. The van der Waals surface area contributed by atoms with Gasteiger partial charge < -0.3 is 10.8 Å². The SMILES string of the molecule is Nc1cccc(C/C=C\CCO)c1. The standard InChI is InChI=1S/C11H15NO/c12-11-7-4-6-10(9-11)5-2-1-3-8-13/h1-2,4,6-7,9,13H,3,5,8,12H2/b2-1-. The average molecular weight is 177 g/mol. The van der Waals surface area contributed by atoms with Gasteiger partial charge in [0.25, 0.3) is 0 Å². The first kappa shape index (κ1) is 9.81. The molecular formula is C11H15NO. The number of anilines is 1. The normalized spacial score (nSPS) is 10.8. The molecule has 3 N–H and O–H groups in total. The van der Waals surface area contributed by atoms with Gasteiger partial charge in [0.2, 0.25) is 0 Å². The smallest absolute Gasteiger partial charge is 0.0465 e. The predicted molar refractivity (Wildman–Crippen MR) is 55.4 cm³/mol. The molecule has 0 unspecified atom stereocenters. The van der Waals surface area contributed by atoms with Crippen molar-refractivity contribution in [2.24, 2.45) is 0 Å². The molecule has 0 bridgehead atoms. The van der Waals surface area contributed by atoms with Gasteiger partial charge in [0, 0.05) is 12.3 Å². The van der Waals surface area contributed by atoms with Crippen molar-refractivity contribution in [3.05, 3.63) is 42.0 Å². The number of rotatable bonds is 4. The highest BCUT2D eigenvalue weighted by Crippen LogP contribution is 2.07. The van der Waals surface area contributed by atoms with Crippen molar-refractivity contribution in [2.45, 2.75) is 12.8 Å². The summed E-state index contributed by atoms with van der Waals surface area (Å²) >= 11 is 0. The van der Waals surface area contributed by atoms with E-state index in [4.69, 9.17) is 10.8 Å². The largest absolute Gasteiger partial charge is 0.399 e. The minimum Gasteiger partial charge on any atom is -0.399 e. The molecule has 1 aromatic rings. The van der Waals surface area contributed by atoms with E-state index in [0.29, 0.717) is 0 Å². The van der Waals surface area contributed by atoms with E-state index >= 15 is 0 Å². The van der Waals surface area contributed by atoms with Crippen molar-refractivity contribution < 1.29 is 5.11 Å². The number of allylic oxidation sites excluding steroid dienone is 1. The first-order valence-electron chi connectivity index (χ1n) is 4.43. The lowest BCUT2D eigenvalue weighted by Gasteiger charge is -1.97. The third-order valence-electron chi connectivity index (χ3n) is 1.77. The van der Waals surface area contributed by atoms with Crippen molar-refractivity contribution in [2.75, 3.05) is 12.3 Å². The van der Waals surface area contributed by atoms with Gasteiger partial charge in [-0.2, -0.15) is 0 Å². The van der Waals surface area contributed by atoms with E-state index in [1.807, 2.05) is 36.4 Å². The minimum absolute atomic E-state index is 0.216. The van der Waals surface area contributed by atoms with E-state index in [0.717, 1.165) is 18.5 Å². The Morgan fingerprint density at radius 3 is 2.85 bits per heavy atom. The highest BCUT2D eigenvalue weighted by atomic mass is 16.2. The van der Waals surface area contributed by atoms with Gasteiger partial charge >= 0.3 is 0 Å². The maximum atomic E-state index is 8.54. The lowest BCUT2D eigenvalue weighted by Crippen LogP contribution is -1.87. The number of nitrogen functional groups attached to an aromatic ring is 1. The molecule has 0 fully saturated rings. The highest BCUT2D eigenvalue weighted by Gasteiger charge is 1.89. The van der Waals surface area contributed by atoms with Crippen LogP contribution >= 0.6 is 0 Å². The second-order valence-electron chi connectivity index (χ2n) is 2.93. The maximum Gasteiger partial charge on any atom is 0.0465 e. The Labute approximate surface area is 78.7 Å². The molecule has 0 amide bonds. The molecule has 0 atom stereocenters. The van der Waals surface area contributed by atoms with Crippen molar-refractivity contribution in [1.29, 1.82) is 0 Å². The summed E-state index contributed by atoms with van der Waals surface area (Å²) in [6.07, 6.45) is 5.63. The topological polar surface area (TPSA) is 46.2 Å². The second-order valence-corrected chi connectivity index (χ2v) is 2.93. The molecule has 0 spiro atoms. The molecular weight excluding hydrogens is 162 g/mol. The van der Waals surface area contributed by atoms with Crippen LogP contribution in [0.2, 0.25) is 0 Å². The summed E-state index contributed by atoms with van der Waals surface area (Å²) < 4.78 is 0. The Morgan fingerprint density at radius 2 is 2.15 bits per heavy atom. The van der Waals surface area contributed by atoms with E-state index in [1.54, 1.807) is 0 Å². The fraction of sp³-hybridized carbons (Fsp3) is 0.273. The summed E-state index contributed by atoms with van der Waals surface area (Å²) in [5.74, 6) is 0. The number of benzene rings is 1. The van der Waals surface area contributed by atoms with Gasteiger partial charge in [-0.25, -0.2) is 0 Å². The molecule has 13 heavy (non-hydrogen) atoms. The number of aliphatic hydroxyl groups is 1.